The van der Waals surface area contributed by atoms with E-state index in [0.717, 1.165) is 16.7 Å². The maximum absolute atomic E-state index is 12.5. The summed E-state index contributed by atoms with van der Waals surface area (Å²) in [5.74, 6) is -0.262. The van der Waals surface area contributed by atoms with Crippen LogP contribution in [0.15, 0.2) is 72.8 Å². The molecule has 0 aliphatic carbocycles. The van der Waals surface area contributed by atoms with Crippen LogP contribution in [0.2, 0.25) is 0 Å². The number of nitro groups is 1. The van der Waals surface area contributed by atoms with Crippen LogP contribution in [-0.2, 0) is 4.79 Å². The minimum absolute atomic E-state index is 0.0549. The van der Waals surface area contributed by atoms with Gasteiger partial charge >= 0.3 is 0 Å². The molecule has 0 aliphatic heterocycles. The van der Waals surface area contributed by atoms with Crippen LogP contribution in [0.1, 0.15) is 28.3 Å². The molecule has 0 radical (unpaired) electrons. The van der Waals surface area contributed by atoms with E-state index in [9.17, 15) is 14.9 Å². The van der Waals surface area contributed by atoms with Gasteiger partial charge in [0.15, 0.2) is 0 Å². The van der Waals surface area contributed by atoms with Gasteiger partial charge in [-0.3, -0.25) is 20.2 Å². The van der Waals surface area contributed by atoms with Crippen LogP contribution in [0.3, 0.4) is 0 Å². The molecule has 1 atom stereocenters. The summed E-state index contributed by atoms with van der Waals surface area (Å²) in [6, 6.07) is 22.4. The van der Waals surface area contributed by atoms with Gasteiger partial charge in [0.25, 0.3) is 5.69 Å². The van der Waals surface area contributed by atoms with Crippen LogP contribution in [-0.4, -0.2) is 17.4 Å². The number of rotatable bonds is 7. The van der Waals surface area contributed by atoms with Gasteiger partial charge in [-0.15, -0.1) is 0 Å². The van der Waals surface area contributed by atoms with Gasteiger partial charge in [0.1, 0.15) is 0 Å². The van der Waals surface area contributed by atoms with Crippen molar-refractivity contribution in [1.82, 2.24) is 5.32 Å². The molecule has 3 rings (SSSR count). The first-order valence-electron chi connectivity index (χ1n) is 9.34. The summed E-state index contributed by atoms with van der Waals surface area (Å²) in [7, 11) is 0. The van der Waals surface area contributed by atoms with Crippen molar-refractivity contribution in [1.29, 1.82) is 0 Å². The SMILES string of the molecule is Cc1ccc([C@@H](NCC(=O)Nc2cc([N+](=O)[O-])ccc2C)c2ccccc2)cc1. The van der Waals surface area contributed by atoms with Crippen molar-refractivity contribution < 1.29 is 9.72 Å². The highest BCUT2D eigenvalue weighted by Crippen LogP contribution is 2.23. The molecular formula is C23H23N3O3. The number of aryl methyl sites for hydroxylation is 2. The Hall–Kier alpha value is -3.51. The summed E-state index contributed by atoms with van der Waals surface area (Å²) < 4.78 is 0. The highest BCUT2D eigenvalue weighted by Gasteiger charge is 2.16. The van der Waals surface area contributed by atoms with Gasteiger partial charge in [-0.2, -0.15) is 0 Å². The first-order chi connectivity index (χ1) is 13.9. The van der Waals surface area contributed by atoms with E-state index in [4.69, 9.17) is 0 Å². The molecule has 0 heterocycles. The minimum Gasteiger partial charge on any atom is -0.324 e. The third-order valence-electron chi connectivity index (χ3n) is 4.72. The number of carbonyl (C=O) groups is 1. The smallest absolute Gasteiger partial charge is 0.271 e. The van der Waals surface area contributed by atoms with Gasteiger partial charge in [0.2, 0.25) is 5.91 Å². The fourth-order valence-corrected chi connectivity index (χ4v) is 3.08. The van der Waals surface area contributed by atoms with E-state index in [1.165, 1.54) is 17.7 Å². The molecule has 0 fully saturated rings. The maximum atomic E-state index is 12.5. The van der Waals surface area contributed by atoms with Crippen molar-refractivity contribution >= 4 is 17.3 Å². The quantitative estimate of drug-likeness (QED) is 0.459. The molecule has 0 spiro atoms. The van der Waals surface area contributed by atoms with Gasteiger partial charge in [-0.05, 0) is 30.5 Å². The van der Waals surface area contributed by atoms with Gasteiger partial charge in [-0.1, -0.05) is 66.2 Å². The summed E-state index contributed by atoms with van der Waals surface area (Å²) >= 11 is 0. The molecule has 3 aromatic carbocycles. The Morgan fingerprint density at radius 3 is 2.28 bits per heavy atom. The lowest BCUT2D eigenvalue weighted by atomic mass is 9.98. The predicted octanol–water partition coefficient (Wildman–Crippen LogP) is 4.53. The van der Waals surface area contributed by atoms with Gasteiger partial charge in [-0.25, -0.2) is 0 Å². The van der Waals surface area contributed by atoms with Crippen LogP contribution >= 0.6 is 0 Å². The molecule has 0 bridgehead atoms. The lowest BCUT2D eigenvalue weighted by Crippen LogP contribution is -2.32. The number of amides is 1. The van der Waals surface area contributed by atoms with Crippen molar-refractivity contribution in [3.8, 4) is 0 Å². The summed E-state index contributed by atoms with van der Waals surface area (Å²) in [4.78, 5) is 23.0. The lowest BCUT2D eigenvalue weighted by Gasteiger charge is -2.20. The number of nitrogens with one attached hydrogen (secondary N) is 2. The average molecular weight is 389 g/mol. The second-order valence-electron chi connectivity index (χ2n) is 6.94. The zero-order valence-electron chi connectivity index (χ0n) is 16.4. The standard InChI is InChI=1S/C23H23N3O3/c1-16-8-11-19(12-9-16)23(18-6-4-3-5-7-18)24-15-22(27)25-21-14-20(26(28)29)13-10-17(21)2/h3-14,23-24H,15H2,1-2H3,(H,25,27)/t23-/m0/s1. The first kappa shape index (κ1) is 20.2. The fraction of sp³-hybridized carbons (Fsp3) is 0.174. The molecule has 0 aliphatic rings. The molecular weight excluding hydrogens is 366 g/mol. The number of hydrogen-bond donors (Lipinski definition) is 2. The van der Waals surface area contributed by atoms with Crippen LogP contribution in [0.4, 0.5) is 11.4 Å². The molecule has 0 unspecified atom stereocenters. The molecule has 148 valence electrons. The number of hydrogen-bond acceptors (Lipinski definition) is 4. The summed E-state index contributed by atoms with van der Waals surface area (Å²) in [6.45, 7) is 3.89. The average Bonchev–Trinajstić information content (AvgIpc) is 2.71. The van der Waals surface area contributed by atoms with E-state index < -0.39 is 4.92 Å². The minimum atomic E-state index is -0.476. The number of nitro benzene ring substituents is 1. The van der Waals surface area contributed by atoms with E-state index >= 15 is 0 Å². The lowest BCUT2D eigenvalue weighted by molar-refractivity contribution is -0.384. The van der Waals surface area contributed by atoms with Crippen LogP contribution in [0.5, 0.6) is 0 Å². The Morgan fingerprint density at radius 1 is 0.966 bits per heavy atom. The Labute approximate surface area is 169 Å². The normalized spacial score (nSPS) is 11.7. The molecule has 0 aromatic heterocycles. The Balaban J connectivity index is 1.74. The number of benzene rings is 3. The third-order valence-corrected chi connectivity index (χ3v) is 4.72. The number of carbonyl (C=O) groups excluding carboxylic acids is 1. The largest absolute Gasteiger partial charge is 0.324 e. The molecule has 6 nitrogen and oxygen atoms in total. The van der Waals surface area contributed by atoms with E-state index in [1.54, 1.807) is 13.0 Å². The molecule has 29 heavy (non-hydrogen) atoms. The Morgan fingerprint density at radius 2 is 1.62 bits per heavy atom. The van der Waals surface area contributed by atoms with Crippen LogP contribution < -0.4 is 10.6 Å². The molecule has 6 heteroatoms. The van der Waals surface area contributed by atoms with Crippen LogP contribution in [0.25, 0.3) is 0 Å². The van der Waals surface area contributed by atoms with Crippen molar-refractivity contribution in [2.24, 2.45) is 0 Å². The second kappa shape index (κ2) is 9.12. The molecule has 2 N–H and O–H groups in total. The highest BCUT2D eigenvalue weighted by atomic mass is 16.6. The van der Waals surface area contributed by atoms with Gasteiger partial charge in [0.05, 0.1) is 23.2 Å². The highest BCUT2D eigenvalue weighted by molar-refractivity contribution is 5.93. The van der Waals surface area contributed by atoms with Gasteiger partial charge < -0.3 is 5.32 Å². The van der Waals surface area contributed by atoms with Crippen molar-refractivity contribution in [3.05, 3.63) is 105 Å². The van der Waals surface area contributed by atoms with E-state index in [2.05, 4.69) is 10.6 Å². The molecule has 3 aromatic rings. The first-order valence-corrected chi connectivity index (χ1v) is 9.34. The van der Waals surface area contributed by atoms with E-state index in [0.29, 0.717) is 5.69 Å². The summed E-state index contributed by atoms with van der Waals surface area (Å²) in [5.41, 5.74) is 4.43. The van der Waals surface area contributed by atoms with Crippen LogP contribution in [0, 0.1) is 24.0 Å². The van der Waals surface area contributed by atoms with Crippen molar-refractivity contribution in [2.75, 3.05) is 11.9 Å². The topological polar surface area (TPSA) is 84.3 Å². The molecule has 1 amide bonds. The number of anilines is 1. The van der Waals surface area contributed by atoms with E-state index in [-0.39, 0.29) is 24.2 Å². The second-order valence-corrected chi connectivity index (χ2v) is 6.94. The number of non-ortho nitro benzene ring substituents is 1. The number of nitrogens with zero attached hydrogens (tertiary/aromatic N) is 1. The Bertz CT molecular complexity index is 1000. The fourth-order valence-electron chi connectivity index (χ4n) is 3.08. The Kier molecular flexibility index (Phi) is 6.36. The monoisotopic (exact) mass is 389 g/mol. The zero-order chi connectivity index (χ0) is 20.8. The van der Waals surface area contributed by atoms with Crippen molar-refractivity contribution in [2.45, 2.75) is 19.9 Å². The third kappa shape index (κ3) is 5.27. The summed E-state index contributed by atoms with van der Waals surface area (Å²) in [5, 5.41) is 17.1. The molecule has 0 saturated carbocycles. The maximum Gasteiger partial charge on any atom is 0.271 e. The van der Waals surface area contributed by atoms with Crippen molar-refractivity contribution in [3.63, 3.8) is 0 Å². The predicted molar refractivity (Wildman–Crippen MR) is 114 cm³/mol. The van der Waals surface area contributed by atoms with Gasteiger partial charge in [0, 0.05) is 12.1 Å². The summed E-state index contributed by atoms with van der Waals surface area (Å²) in [6.07, 6.45) is 0. The van der Waals surface area contributed by atoms with E-state index in [1.807, 2.05) is 61.5 Å². The molecule has 0 saturated heterocycles. The zero-order valence-corrected chi connectivity index (χ0v) is 16.4.